The van der Waals surface area contributed by atoms with Gasteiger partial charge in [0.05, 0.1) is 6.61 Å². The largest absolute Gasteiger partial charge is 0.383 e. The summed E-state index contributed by atoms with van der Waals surface area (Å²) in [6.07, 6.45) is 2.47. The van der Waals surface area contributed by atoms with Crippen LogP contribution in [0, 0.1) is 0 Å². The molecule has 1 rings (SSSR count). The number of hydrogen-bond acceptors (Lipinski definition) is 3. The minimum atomic E-state index is 0.248. The summed E-state index contributed by atoms with van der Waals surface area (Å²) in [5.41, 5.74) is 0.248. The van der Waals surface area contributed by atoms with Gasteiger partial charge >= 0.3 is 0 Å². The zero-order valence-corrected chi connectivity index (χ0v) is 10.7. The van der Waals surface area contributed by atoms with Gasteiger partial charge in [-0.25, -0.2) is 0 Å². The molecule has 15 heavy (non-hydrogen) atoms. The molecule has 0 spiro atoms. The van der Waals surface area contributed by atoms with E-state index >= 15 is 0 Å². The van der Waals surface area contributed by atoms with Gasteiger partial charge in [-0.2, -0.15) is 0 Å². The lowest BCUT2D eigenvalue weighted by atomic mass is 9.99. The minimum Gasteiger partial charge on any atom is -0.383 e. The molecule has 0 aromatic heterocycles. The molecule has 0 aliphatic carbocycles. The number of hydrogen-bond donors (Lipinski definition) is 1. The highest BCUT2D eigenvalue weighted by Gasteiger charge is 2.29. The quantitative estimate of drug-likeness (QED) is 0.750. The lowest BCUT2D eigenvalue weighted by molar-refractivity contribution is 0.0490. The van der Waals surface area contributed by atoms with Crippen LogP contribution in [-0.4, -0.2) is 49.8 Å². The fraction of sp³-hybridized carbons (Fsp3) is 1.00. The minimum absolute atomic E-state index is 0.248. The normalized spacial score (nSPS) is 24.0. The van der Waals surface area contributed by atoms with Crippen molar-refractivity contribution in [1.29, 1.82) is 0 Å². The Balaban J connectivity index is 2.50. The first-order valence-corrected chi connectivity index (χ1v) is 6.07. The molecule has 0 saturated carbocycles. The topological polar surface area (TPSA) is 24.5 Å². The monoisotopic (exact) mass is 214 g/mol. The first kappa shape index (κ1) is 12.9. The predicted molar refractivity (Wildman–Crippen MR) is 64.2 cm³/mol. The molecule has 0 aromatic rings. The Labute approximate surface area is 94.2 Å². The van der Waals surface area contributed by atoms with Gasteiger partial charge < -0.3 is 10.1 Å². The smallest absolute Gasteiger partial charge is 0.0618 e. The van der Waals surface area contributed by atoms with Crippen molar-refractivity contribution in [2.75, 3.05) is 33.4 Å². The van der Waals surface area contributed by atoms with Crippen LogP contribution >= 0.6 is 0 Å². The molecule has 90 valence electrons. The van der Waals surface area contributed by atoms with Gasteiger partial charge in [-0.1, -0.05) is 13.3 Å². The molecule has 0 bridgehead atoms. The van der Waals surface area contributed by atoms with Crippen molar-refractivity contribution < 1.29 is 4.74 Å². The van der Waals surface area contributed by atoms with E-state index in [9.17, 15) is 0 Å². The first-order chi connectivity index (χ1) is 7.09. The van der Waals surface area contributed by atoms with Gasteiger partial charge in [-0.05, 0) is 20.3 Å². The van der Waals surface area contributed by atoms with E-state index in [1.165, 1.54) is 12.8 Å². The molecule has 0 radical (unpaired) electrons. The van der Waals surface area contributed by atoms with E-state index in [0.717, 1.165) is 26.2 Å². The Morgan fingerprint density at radius 2 is 2.20 bits per heavy atom. The van der Waals surface area contributed by atoms with Crippen LogP contribution in [0.25, 0.3) is 0 Å². The zero-order valence-electron chi connectivity index (χ0n) is 10.7. The van der Waals surface area contributed by atoms with Gasteiger partial charge in [-0.3, -0.25) is 4.90 Å². The van der Waals surface area contributed by atoms with Crippen molar-refractivity contribution in [3.05, 3.63) is 0 Å². The van der Waals surface area contributed by atoms with Gasteiger partial charge in [0.15, 0.2) is 0 Å². The Kier molecular flexibility index (Phi) is 5.03. The maximum atomic E-state index is 5.32. The van der Waals surface area contributed by atoms with E-state index in [2.05, 4.69) is 31.0 Å². The van der Waals surface area contributed by atoms with Crippen LogP contribution in [-0.2, 0) is 4.74 Å². The number of methoxy groups -OCH3 is 1. The molecule has 1 aliphatic rings. The molecule has 1 fully saturated rings. The Hall–Kier alpha value is -0.120. The van der Waals surface area contributed by atoms with Crippen molar-refractivity contribution >= 4 is 0 Å². The fourth-order valence-corrected chi connectivity index (χ4v) is 2.39. The number of nitrogens with one attached hydrogen (secondary N) is 1. The maximum Gasteiger partial charge on any atom is 0.0618 e. The average Bonchev–Trinajstić information content (AvgIpc) is 2.16. The van der Waals surface area contributed by atoms with E-state index < -0.39 is 0 Å². The number of piperazine rings is 1. The summed E-state index contributed by atoms with van der Waals surface area (Å²) < 4.78 is 5.32. The van der Waals surface area contributed by atoms with Crippen molar-refractivity contribution in [3.63, 3.8) is 0 Å². The molecule has 1 saturated heterocycles. The molecule has 1 N–H and O–H groups in total. The van der Waals surface area contributed by atoms with E-state index in [4.69, 9.17) is 4.74 Å². The molecular formula is C12H26N2O. The van der Waals surface area contributed by atoms with Crippen LogP contribution in [0.3, 0.4) is 0 Å². The first-order valence-electron chi connectivity index (χ1n) is 6.07. The molecular weight excluding hydrogens is 188 g/mol. The van der Waals surface area contributed by atoms with Gasteiger partial charge in [0.25, 0.3) is 0 Å². The van der Waals surface area contributed by atoms with Crippen molar-refractivity contribution in [1.82, 2.24) is 10.2 Å². The SMILES string of the molecule is CCCC(COC)N1CCNC(C)(C)C1. The zero-order chi connectivity index (χ0) is 11.3. The van der Waals surface area contributed by atoms with Crippen molar-refractivity contribution in [3.8, 4) is 0 Å². The second kappa shape index (κ2) is 5.83. The van der Waals surface area contributed by atoms with Gasteiger partial charge in [0.1, 0.15) is 0 Å². The third kappa shape index (κ3) is 4.09. The lowest BCUT2D eigenvalue weighted by Crippen LogP contribution is -2.60. The summed E-state index contributed by atoms with van der Waals surface area (Å²) in [7, 11) is 1.80. The average molecular weight is 214 g/mol. The van der Waals surface area contributed by atoms with Crippen LogP contribution in [0.4, 0.5) is 0 Å². The second-order valence-electron chi connectivity index (χ2n) is 5.18. The van der Waals surface area contributed by atoms with E-state index in [-0.39, 0.29) is 5.54 Å². The summed E-state index contributed by atoms with van der Waals surface area (Å²) in [6.45, 7) is 11.0. The van der Waals surface area contributed by atoms with E-state index in [1.54, 1.807) is 7.11 Å². The predicted octanol–water partition coefficient (Wildman–Crippen LogP) is 1.49. The van der Waals surface area contributed by atoms with E-state index in [1.807, 2.05) is 0 Å². The number of nitrogens with zero attached hydrogens (tertiary/aromatic N) is 1. The summed E-state index contributed by atoms with van der Waals surface area (Å²) >= 11 is 0. The second-order valence-corrected chi connectivity index (χ2v) is 5.18. The van der Waals surface area contributed by atoms with Crippen LogP contribution in [0.15, 0.2) is 0 Å². The highest BCUT2D eigenvalue weighted by Crippen LogP contribution is 2.16. The highest BCUT2D eigenvalue weighted by molar-refractivity contribution is 4.89. The van der Waals surface area contributed by atoms with Crippen molar-refractivity contribution in [2.24, 2.45) is 0 Å². The van der Waals surface area contributed by atoms with Crippen LogP contribution in [0.1, 0.15) is 33.6 Å². The third-order valence-electron chi connectivity index (χ3n) is 3.10. The molecule has 0 aromatic carbocycles. The molecule has 1 aliphatic heterocycles. The molecule has 1 unspecified atom stereocenters. The van der Waals surface area contributed by atoms with Crippen LogP contribution in [0.5, 0.6) is 0 Å². The van der Waals surface area contributed by atoms with Crippen LogP contribution < -0.4 is 5.32 Å². The molecule has 1 heterocycles. The number of ether oxygens (including phenoxy) is 1. The van der Waals surface area contributed by atoms with Gasteiger partial charge in [0.2, 0.25) is 0 Å². The summed E-state index contributed by atoms with van der Waals surface area (Å²) in [4.78, 5) is 2.57. The van der Waals surface area contributed by atoms with E-state index in [0.29, 0.717) is 6.04 Å². The molecule has 0 amide bonds. The van der Waals surface area contributed by atoms with Gasteiger partial charge in [0, 0.05) is 38.3 Å². The number of rotatable bonds is 5. The van der Waals surface area contributed by atoms with Crippen molar-refractivity contribution in [2.45, 2.75) is 45.2 Å². The molecule has 3 heteroatoms. The molecule has 3 nitrogen and oxygen atoms in total. The Bertz CT molecular complexity index is 176. The lowest BCUT2D eigenvalue weighted by Gasteiger charge is -2.43. The highest BCUT2D eigenvalue weighted by atomic mass is 16.5. The molecule has 1 atom stereocenters. The summed E-state index contributed by atoms with van der Waals surface area (Å²) in [6, 6.07) is 0.598. The Morgan fingerprint density at radius 1 is 1.47 bits per heavy atom. The Morgan fingerprint density at radius 3 is 2.73 bits per heavy atom. The summed E-state index contributed by atoms with van der Waals surface area (Å²) in [5.74, 6) is 0. The third-order valence-corrected chi connectivity index (χ3v) is 3.10. The van der Waals surface area contributed by atoms with Crippen LogP contribution in [0.2, 0.25) is 0 Å². The fourth-order valence-electron chi connectivity index (χ4n) is 2.39. The maximum absolute atomic E-state index is 5.32. The summed E-state index contributed by atoms with van der Waals surface area (Å²) in [5, 5.41) is 3.54. The van der Waals surface area contributed by atoms with Gasteiger partial charge in [-0.15, -0.1) is 0 Å². The standard InChI is InChI=1S/C12H26N2O/c1-5-6-11(9-15-4)14-8-7-13-12(2,3)10-14/h11,13H,5-10H2,1-4H3.